The van der Waals surface area contributed by atoms with Gasteiger partial charge in [0.25, 0.3) is 0 Å². The number of carbonyl (C=O) groups is 1. The third-order valence-corrected chi connectivity index (χ3v) is 2.78. The number of carboxylic acid groups (broad SMARTS) is 1. The number of methoxy groups -OCH3 is 1. The van der Waals surface area contributed by atoms with E-state index in [0.717, 1.165) is 11.6 Å². The van der Waals surface area contributed by atoms with E-state index >= 15 is 0 Å². The summed E-state index contributed by atoms with van der Waals surface area (Å²) in [5.41, 5.74) is 1.59. The van der Waals surface area contributed by atoms with Crippen molar-refractivity contribution < 1.29 is 19.4 Å². The van der Waals surface area contributed by atoms with Crippen molar-refractivity contribution in [3.05, 3.63) is 47.8 Å². The van der Waals surface area contributed by atoms with Crippen LogP contribution in [0.1, 0.15) is 11.1 Å². The van der Waals surface area contributed by atoms with Crippen LogP contribution in [0, 0.1) is 0 Å². The Hall–Kier alpha value is -2.76. The maximum absolute atomic E-state index is 10.6. The highest BCUT2D eigenvalue weighted by molar-refractivity contribution is 5.86. The molecular weight excluding hydrogens is 272 g/mol. The molecule has 0 bridgehead atoms. The summed E-state index contributed by atoms with van der Waals surface area (Å²) in [6, 6.07) is 5.22. The normalized spacial score (nSPS) is 10.8. The molecule has 1 N–H and O–H groups in total. The molecule has 6 nitrogen and oxygen atoms in total. The van der Waals surface area contributed by atoms with E-state index in [1.54, 1.807) is 36.2 Å². The number of benzene rings is 1. The van der Waals surface area contributed by atoms with Gasteiger partial charge in [-0.1, -0.05) is 0 Å². The highest BCUT2D eigenvalue weighted by Gasteiger charge is 2.06. The highest BCUT2D eigenvalue weighted by Crippen LogP contribution is 2.26. The van der Waals surface area contributed by atoms with Crippen LogP contribution in [0.5, 0.6) is 11.5 Å². The molecule has 1 aromatic heterocycles. The van der Waals surface area contributed by atoms with E-state index in [4.69, 9.17) is 14.6 Å². The van der Waals surface area contributed by atoms with E-state index in [1.807, 2.05) is 13.2 Å². The van der Waals surface area contributed by atoms with Crippen molar-refractivity contribution in [2.24, 2.45) is 7.05 Å². The van der Waals surface area contributed by atoms with E-state index < -0.39 is 5.97 Å². The number of carboxylic acids is 1. The SMILES string of the molecule is COc1ccc(/C=C/C(=O)O)c(OCc2cnn(C)c2)c1. The topological polar surface area (TPSA) is 73.6 Å². The molecular formula is C15H16N2O4. The molecule has 0 saturated carbocycles. The Morgan fingerprint density at radius 2 is 2.29 bits per heavy atom. The Labute approximate surface area is 122 Å². The van der Waals surface area contributed by atoms with Crippen molar-refractivity contribution in [3.63, 3.8) is 0 Å². The third kappa shape index (κ3) is 4.10. The van der Waals surface area contributed by atoms with Crippen LogP contribution in [0.15, 0.2) is 36.7 Å². The number of hydrogen-bond acceptors (Lipinski definition) is 4. The van der Waals surface area contributed by atoms with E-state index in [0.29, 0.717) is 23.7 Å². The molecule has 0 aliphatic heterocycles. The molecule has 0 aliphatic carbocycles. The summed E-state index contributed by atoms with van der Waals surface area (Å²) in [6.07, 6.45) is 6.12. The number of rotatable bonds is 6. The monoisotopic (exact) mass is 288 g/mol. The van der Waals surface area contributed by atoms with Gasteiger partial charge in [0.2, 0.25) is 0 Å². The lowest BCUT2D eigenvalue weighted by atomic mass is 10.1. The molecule has 0 fully saturated rings. The van der Waals surface area contributed by atoms with Gasteiger partial charge in [-0.15, -0.1) is 0 Å². The molecule has 0 amide bonds. The zero-order chi connectivity index (χ0) is 15.2. The molecule has 2 aromatic rings. The fraction of sp³-hybridized carbons (Fsp3) is 0.200. The highest BCUT2D eigenvalue weighted by atomic mass is 16.5. The van der Waals surface area contributed by atoms with Crippen molar-refractivity contribution >= 4 is 12.0 Å². The van der Waals surface area contributed by atoms with Gasteiger partial charge in [0.15, 0.2) is 0 Å². The lowest BCUT2D eigenvalue weighted by Gasteiger charge is -2.10. The lowest BCUT2D eigenvalue weighted by Crippen LogP contribution is -1.97. The van der Waals surface area contributed by atoms with Gasteiger partial charge in [-0.25, -0.2) is 4.79 Å². The minimum Gasteiger partial charge on any atom is -0.497 e. The molecule has 0 spiro atoms. The quantitative estimate of drug-likeness (QED) is 0.824. The molecule has 0 saturated heterocycles. The van der Waals surface area contributed by atoms with Crippen molar-refractivity contribution in [2.75, 3.05) is 7.11 Å². The molecule has 0 atom stereocenters. The number of aliphatic carboxylic acids is 1. The van der Waals surface area contributed by atoms with Crippen LogP contribution in [0.2, 0.25) is 0 Å². The largest absolute Gasteiger partial charge is 0.497 e. The van der Waals surface area contributed by atoms with Gasteiger partial charge in [0, 0.05) is 36.5 Å². The predicted octanol–water partition coefficient (Wildman–Crippen LogP) is 2.11. The summed E-state index contributed by atoms with van der Waals surface area (Å²) in [4.78, 5) is 10.6. The number of aryl methyl sites for hydroxylation is 1. The molecule has 2 rings (SSSR count). The minimum absolute atomic E-state index is 0.342. The summed E-state index contributed by atoms with van der Waals surface area (Å²) in [6.45, 7) is 0.342. The third-order valence-electron chi connectivity index (χ3n) is 2.78. The maximum atomic E-state index is 10.6. The van der Waals surface area contributed by atoms with Crippen LogP contribution in [0.4, 0.5) is 0 Å². The molecule has 0 aliphatic rings. The van der Waals surface area contributed by atoms with Gasteiger partial charge in [0.1, 0.15) is 18.1 Å². The summed E-state index contributed by atoms with van der Waals surface area (Å²) in [7, 11) is 3.39. The van der Waals surface area contributed by atoms with Gasteiger partial charge in [-0.05, 0) is 18.2 Å². The second kappa shape index (κ2) is 6.60. The standard InChI is InChI=1S/C15H16N2O4/c1-17-9-11(8-16-17)10-21-14-7-13(20-2)5-3-12(14)4-6-15(18)19/h3-9H,10H2,1-2H3,(H,18,19)/b6-4+. The zero-order valence-electron chi connectivity index (χ0n) is 11.8. The second-order valence-corrected chi connectivity index (χ2v) is 4.39. The van der Waals surface area contributed by atoms with Crippen LogP contribution < -0.4 is 9.47 Å². The average Bonchev–Trinajstić information content (AvgIpc) is 2.88. The average molecular weight is 288 g/mol. The Bertz CT molecular complexity index is 661. The smallest absolute Gasteiger partial charge is 0.328 e. The van der Waals surface area contributed by atoms with E-state index in [2.05, 4.69) is 5.10 Å². The molecule has 21 heavy (non-hydrogen) atoms. The Balaban J connectivity index is 2.19. The molecule has 1 heterocycles. The second-order valence-electron chi connectivity index (χ2n) is 4.39. The van der Waals surface area contributed by atoms with Crippen molar-refractivity contribution in [2.45, 2.75) is 6.61 Å². The first kappa shape index (κ1) is 14.6. The Morgan fingerprint density at radius 1 is 1.48 bits per heavy atom. The first-order chi connectivity index (χ1) is 10.1. The van der Waals surface area contributed by atoms with E-state index in [1.165, 1.54) is 6.08 Å². The van der Waals surface area contributed by atoms with Crippen LogP contribution in [-0.4, -0.2) is 28.0 Å². The minimum atomic E-state index is -1.01. The fourth-order valence-electron chi connectivity index (χ4n) is 1.77. The van der Waals surface area contributed by atoms with Gasteiger partial charge in [0.05, 0.1) is 13.3 Å². The molecule has 110 valence electrons. The molecule has 1 aromatic carbocycles. The van der Waals surface area contributed by atoms with Gasteiger partial charge in [-0.2, -0.15) is 5.10 Å². The van der Waals surface area contributed by atoms with Crippen LogP contribution in [-0.2, 0) is 18.4 Å². The van der Waals surface area contributed by atoms with Gasteiger partial charge >= 0.3 is 5.97 Å². The number of aromatic nitrogens is 2. The Morgan fingerprint density at radius 3 is 2.90 bits per heavy atom. The predicted molar refractivity (Wildman–Crippen MR) is 77.2 cm³/mol. The van der Waals surface area contributed by atoms with Crippen molar-refractivity contribution in [1.82, 2.24) is 9.78 Å². The zero-order valence-corrected chi connectivity index (χ0v) is 11.8. The maximum Gasteiger partial charge on any atom is 0.328 e. The number of ether oxygens (including phenoxy) is 2. The van der Waals surface area contributed by atoms with Gasteiger partial charge < -0.3 is 14.6 Å². The van der Waals surface area contributed by atoms with E-state index in [-0.39, 0.29) is 0 Å². The van der Waals surface area contributed by atoms with Crippen molar-refractivity contribution in [1.29, 1.82) is 0 Å². The van der Waals surface area contributed by atoms with Gasteiger partial charge in [-0.3, -0.25) is 4.68 Å². The summed E-state index contributed by atoms with van der Waals surface area (Å²) >= 11 is 0. The van der Waals surface area contributed by atoms with E-state index in [9.17, 15) is 4.79 Å². The van der Waals surface area contributed by atoms with Crippen LogP contribution in [0.25, 0.3) is 6.08 Å². The summed E-state index contributed by atoms with van der Waals surface area (Å²) in [5.74, 6) is 0.184. The molecule has 6 heteroatoms. The first-order valence-corrected chi connectivity index (χ1v) is 6.28. The summed E-state index contributed by atoms with van der Waals surface area (Å²) in [5, 5.41) is 12.8. The fourth-order valence-corrected chi connectivity index (χ4v) is 1.77. The molecule has 0 radical (unpaired) electrons. The number of hydrogen-bond donors (Lipinski definition) is 1. The van der Waals surface area contributed by atoms with Crippen LogP contribution in [0.3, 0.4) is 0 Å². The Kier molecular flexibility index (Phi) is 4.61. The number of nitrogens with zero attached hydrogens (tertiary/aromatic N) is 2. The first-order valence-electron chi connectivity index (χ1n) is 6.28. The van der Waals surface area contributed by atoms with Crippen LogP contribution >= 0.6 is 0 Å². The summed E-state index contributed by atoms with van der Waals surface area (Å²) < 4.78 is 12.6. The lowest BCUT2D eigenvalue weighted by molar-refractivity contribution is -0.131. The van der Waals surface area contributed by atoms with Crippen molar-refractivity contribution in [3.8, 4) is 11.5 Å². The molecule has 0 unspecified atom stereocenters.